The normalized spacial score (nSPS) is 27.6. The Bertz CT molecular complexity index is 523. The van der Waals surface area contributed by atoms with Crippen LogP contribution in [-0.2, 0) is 19.1 Å². The van der Waals surface area contributed by atoms with Gasteiger partial charge in [0.2, 0.25) is 11.8 Å². The van der Waals surface area contributed by atoms with Crippen LogP contribution in [0, 0.1) is 5.41 Å². The minimum Gasteiger partial charge on any atom is -0.355 e. The molecule has 0 bridgehead atoms. The highest BCUT2D eigenvalue weighted by Crippen LogP contribution is 2.34. The van der Waals surface area contributed by atoms with Gasteiger partial charge in [0.25, 0.3) is 0 Å². The fraction of sp³-hybridized carbons (Fsp3) is 0.857. The molecular weight excluding hydrogens is 292 g/mol. The molecule has 1 aliphatic rings. The standard InChI is InChI=1S/C14H26N2O4S/c1-13(2)9-19-14(3,4)20-11(13)12(18)16-6-5-10(17)15-7-8-21/h11,21H,5-9H2,1-4H3,(H,15,17)(H,16,18)/t11-/m0/s1/i7D2,8D2. The minimum atomic E-state index is -2.63. The summed E-state index contributed by atoms with van der Waals surface area (Å²) in [5, 5.41) is 4.50. The zero-order valence-electron chi connectivity index (χ0n) is 16.8. The van der Waals surface area contributed by atoms with Crippen molar-refractivity contribution in [3.8, 4) is 0 Å². The van der Waals surface area contributed by atoms with Crippen molar-refractivity contribution < 1.29 is 24.5 Å². The van der Waals surface area contributed by atoms with Gasteiger partial charge in [-0.1, -0.05) is 13.8 Å². The summed E-state index contributed by atoms with van der Waals surface area (Å²) in [5.74, 6) is -2.01. The van der Waals surface area contributed by atoms with E-state index in [2.05, 4.69) is 17.9 Å². The van der Waals surface area contributed by atoms with Crippen LogP contribution >= 0.6 is 12.6 Å². The Morgan fingerprint density at radius 2 is 2.00 bits per heavy atom. The fourth-order valence-corrected chi connectivity index (χ4v) is 1.93. The highest BCUT2D eigenvalue weighted by atomic mass is 32.1. The first-order valence-electron chi connectivity index (χ1n) is 8.70. The number of rotatable bonds is 6. The molecule has 1 aliphatic heterocycles. The van der Waals surface area contributed by atoms with Crippen molar-refractivity contribution in [2.45, 2.75) is 46.0 Å². The van der Waals surface area contributed by atoms with E-state index in [-0.39, 0.29) is 18.9 Å². The van der Waals surface area contributed by atoms with E-state index in [0.717, 1.165) is 0 Å². The van der Waals surface area contributed by atoms with Crippen molar-refractivity contribution in [3.63, 3.8) is 0 Å². The molecular formula is C14H26N2O4S. The maximum Gasteiger partial charge on any atom is 0.249 e. The molecule has 7 heteroatoms. The molecule has 1 atom stereocenters. The summed E-state index contributed by atoms with van der Waals surface area (Å²) >= 11 is 3.48. The van der Waals surface area contributed by atoms with Gasteiger partial charge in [0.05, 0.1) is 6.61 Å². The summed E-state index contributed by atoms with van der Waals surface area (Å²) in [6.45, 7) is 4.77. The molecule has 21 heavy (non-hydrogen) atoms. The van der Waals surface area contributed by atoms with Crippen LogP contribution < -0.4 is 10.6 Å². The number of amides is 2. The summed E-state index contributed by atoms with van der Waals surface area (Å²) in [6.07, 6.45) is -0.959. The molecule has 2 amide bonds. The van der Waals surface area contributed by atoms with Gasteiger partial charge in [-0.05, 0) is 13.8 Å². The van der Waals surface area contributed by atoms with Crippen LogP contribution in [0.3, 0.4) is 0 Å². The SMILES string of the molecule is [2H]C([2H])(S)C([2H])([2H])NC(=O)CCNC(=O)[C@@H]1OC(C)(C)OCC1(C)C. The van der Waals surface area contributed by atoms with E-state index in [1.54, 1.807) is 13.8 Å². The molecule has 0 saturated carbocycles. The van der Waals surface area contributed by atoms with Crippen LogP contribution in [0.5, 0.6) is 0 Å². The quantitative estimate of drug-likeness (QED) is 0.630. The Labute approximate surface area is 137 Å². The number of thiol groups is 1. The van der Waals surface area contributed by atoms with Crippen molar-refractivity contribution in [2.24, 2.45) is 5.41 Å². The lowest BCUT2D eigenvalue weighted by Gasteiger charge is -2.44. The highest BCUT2D eigenvalue weighted by molar-refractivity contribution is 7.80. The molecule has 1 fully saturated rings. The van der Waals surface area contributed by atoms with Gasteiger partial charge in [0, 0.05) is 36.1 Å². The Balaban J connectivity index is 2.53. The van der Waals surface area contributed by atoms with Crippen LogP contribution in [0.4, 0.5) is 0 Å². The Kier molecular flexibility index (Phi) is 4.52. The molecule has 2 N–H and O–H groups in total. The third-order valence-corrected chi connectivity index (χ3v) is 3.16. The largest absolute Gasteiger partial charge is 0.355 e. The van der Waals surface area contributed by atoms with Gasteiger partial charge in [-0.2, -0.15) is 12.6 Å². The zero-order valence-corrected chi connectivity index (χ0v) is 13.7. The van der Waals surface area contributed by atoms with Gasteiger partial charge in [0.1, 0.15) is 6.10 Å². The van der Waals surface area contributed by atoms with Gasteiger partial charge in [-0.25, -0.2) is 0 Å². The molecule has 0 aromatic heterocycles. The first-order chi connectivity index (χ1) is 11.1. The van der Waals surface area contributed by atoms with Crippen LogP contribution in [0.25, 0.3) is 0 Å². The lowest BCUT2D eigenvalue weighted by Crippen LogP contribution is -2.56. The summed E-state index contributed by atoms with van der Waals surface area (Å²) in [4.78, 5) is 24.1. The summed E-state index contributed by atoms with van der Waals surface area (Å²) < 4.78 is 40.6. The first kappa shape index (κ1) is 12.7. The van der Waals surface area contributed by atoms with E-state index >= 15 is 0 Å². The molecule has 122 valence electrons. The molecule has 1 rings (SSSR count). The molecule has 0 aliphatic carbocycles. The highest BCUT2D eigenvalue weighted by Gasteiger charge is 2.45. The van der Waals surface area contributed by atoms with Gasteiger partial charge in [0.15, 0.2) is 5.79 Å². The van der Waals surface area contributed by atoms with Crippen molar-refractivity contribution in [1.82, 2.24) is 10.6 Å². The van der Waals surface area contributed by atoms with Crippen molar-refractivity contribution >= 4 is 24.4 Å². The van der Waals surface area contributed by atoms with Gasteiger partial charge < -0.3 is 20.1 Å². The lowest BCUT2D eigenvalue weighted by atomic mass is 9.85. The second kappa shape index (κ2) is 7.47. The monoisotopic (exact) mass is 322 g/mol. The number of nitrogens with one attached hydrogen (secondary N) is 2. The molecule has 1 saturated heterocycles. The van der Waals surface area contributed by atoms with Gasteiger partial charge >= 0.3 is 0 Å². The molecule has 0 unspecified atom stereocenters. The smallest absolute Gasteiger partial charge is 0.249 e. The molecule has 0 radical (unpaired) electrons. The Morgan fingerprint density at radius 3 is 2.62 bits per heavy atom. The average molecular weight is 322 g/mol. The number of hydrogen-bond donors (Lipinski definition) is 3. The molecule has 0 spiro atoms. The summed E-state index contributed by atoms with van der Waals surface area (Å²) in [5.41, 5.74) is -3.07. The van der Waals surface area contributed by atoms with Gasteiger partial charge in [-0.3, -0.25) is 9.59 Å². The van der Waals surface area contributed by atoms with Crippen molar-refractivity contribution in [2.75, 3.05) is 25.4 Å². The summed E-state index contributed by atoms with van der Waals surface area (Å²) in [6, 6.07) is 0. The van der Waals surface area contributed by atoms with E-state index in [9.17, 15) is 9.59 Å². The molecule has 0 aromatic carbocycles. The number of hydrogen-bond acceptors (Lipinski definition) is 5. The zero-order chi connectivity index (χ0) is 19.7. The predicted octanol–water partition coefficient (Wildman–Crippen LogP) is 0.716. The van der Waals surface area contributed by atoms with E-state index in [0.29, 0.717) is 6.61 Å². The number of carbonyl (C=O) groups is 2. The van der Waals surface area contributed by atoms with E-state index in [1.807, 2.05) is 19.2 Å². The number of ether oxygens (including phenoxy) is 2. The minimum absolute atomic E-state index is 0.0342. The van der Waals surface area contributed by atoms with Crippen LogP contribution in [0.15, 0.2) is 0 Å². The Morgan fingerprint density at radius 1 is 1.33 bits per heavy atom. The second-order valence-electron chi connectivity index (χ2n) is 6.00. The first-order valence-corrected chi connectivity index (χ1v) is 7.15. The molecule has 6 nitrogen and oxygen atoms in total. The molecule has 1 heterocycles. The van der Waals surface area contributed by atoms with Crippen molar-refractivity contribution in [3.05, 3.63) is 0 Å². The second-order valence-corrected chi connectivity index (χ2v) is 6.22. The topological polar surface area (TPSA) is 76.7 Å². The summed E-state index contributed by atoms with van der Waals surface area (Å²) in [7, 11) is 0. The van der Waals surface area contributed by atoms with Crippen LogP contribution in [0.2, 0.25) is 0 Å². The van der Waals surface area contributed by atoms with E-state index in [1.165, 1.54) is 0 Å². The lowest BCUT2D eigenvalue weighted by molar-refractivity contribution is -0.304. The number of carbonyl (C=O) groups excluding carboxylic acids is 2. The van der Waals surface area contributed by atoms with E-state index in [4.69, 9.17) is 15.0 Å². The van der Waals surface area contributed by atoms with Crippen LogP contribution in [-0.4, -0.2) is 49.1 Å². The van der Waals surface area contributed by atoms with Crippen LogP contribution in [0.1, 0.15) is 39.6 Å². The van der Waals surface area contributed by atoms with E-state index < -0.39 is 35.4 Å². The maximum absolute atomic E-state index is 12.4. The predicted molar refractivity (Wildman–Crippen MR) is 83.2 cm³/mol. The average Bonchev–Trinajstić information content (AvgIpc) is 2.40. The third kappa shape index (κ3) is 5.84. The van der Waals surface area contributed by atoms with Gasteiger partial charge in [-0.15, -0.1) is 0 Å². The Hall–Kier alpha value is -0.790. The molecule has 0 aromatic rings. The third-order valence-electron chi connectivity index (χ3n) is 3.05. The maximum atomic E-state index is 12.4. The fourth-order valence-electron chi connectivity index (χ4n) is 1.87. The van der Waals surface area contributed by atoms with Crippen molar-refractivity contribution in [1.29, 1.82) is 0 Å².